The molecule has 0 aliphatic carbocycles. The molecule has 1 aliphatic rings. The van der Waals surface area contributed by atoms with E-state index >= 15 is 0 Å². The van der Waals surface area contributed by atoms with Gasteiger partial charge >= 0.3 is 0 Å². The van der Waals surface area contributed by atoms with Crippen LogP contribution in [0.5, 0.6) is 0 Å². The second-order valence-electron chi connectivity index (χ2n) is 5.60. The summed E-state index contributed by atoms with van der Waals surface area (Å²) in [7, 11) is 0. The summed E-state index contributed by atoms with van der Waals surface area (Å²) in [4.78, 5) is 2.49. The number of benzene rings is 1. The van der Waals surface area contributed by atoms with Crippen LogP contribution in [0.4, 0.5) is 4.39 Å². The normalized spacial score (nSPS) is 17.8. The molecule has 0 saturated carbocycles. The topological polar surface area (TPSA) is 15.3 Å². The van der Waals surface area contributed by atoms with Crippen molar-refractivity contribution in [3.63, 3.8) is 0 Å². The Hall–Kier alpha value is -0.930. The van der Waals surface area contributed by atoms with Crippen LogP contribution in [-0.4, -0.2) is 31.1 Å². The molecule has 2 rings (SSSR count). The molecule has 0 aromatic heterocycles. The molecule has 1 aromatic carbocycles. The fraction of sp³-hybridized carbons (Fsp3) is 0.625. The molecule has 0 amide bonds. The zero-order valence-corrected chi connectivity index (χ0v) is 12.1. The van der Waals surface area contributed by atoms with Crippen molar-refractivity contribution in [1.82, 2.24) is 10.2 Å². The number of hydrogen-bond donors (Lipinski definition) is 1. The maximum Gasteiger partial charge on any atom is 0.123 e. The molecule has 1 saturated heterocycles. The summed E-state index contributed by atoms with van der Waals surface area (Å²) in [6.07, 6.45) is 2.54. The second-order valence-corrected chi connectivity index (χ2v) is 5.60. The average Bonchev–Trinajstić information content (AvgIpc) is 2.41. The molecule has 0 bridgehead atoms. The van der Waals surface area contributed by atoms with Crippen LogP contribution >= 0.6 is 0 Å². The van der Waals surface area contributed by atoms with Crippen molar-refractivity contribution in [1.29, 1.82) is 0 Å². The zero-order chi connectivity index (χ0) is 13.7. The smallest absolute Gasteiger partial charge is 0.123 e. The highest BCUT2D eigenvalue weighted by Gasteiger charge is 2.19. The van der Waals surface area contributed by atoms with Crippen LogP contribution < -0.4 is 5.32 Å². The third-order valence-electron chi connectivity index (χ3n) is 4.09. The van der Waals surface area contributed by atoms with E-state index in [9.17, 15) is 4.39 Å². The average molecular weight is 264 g/mol. The lowest BCUT2D eigenvalue weighted by atomic mass is 9.96. The van der Waals surface area contributed by atoms with E-state index in [2.05, 4.69) is 17.1 Å². The number of nitrogens with zero attached hydrogens (tertiary/aromatic N) is 1. The van der Waals surface area contributed by atoms with E-state index in [4.69, 9.17) is 0 Å². The first kappa shape index (κ1) is 14.5. The largest absolute Gasteiger partial charge is 0.317 e. The highest BCUT2D eigenvalue weighted by atomic mass is 19.1. The van der Waals surface area contributed by atoms with Gasteiger partial charge in [-0.15, -0.1) is 0 Å². The Morgan fingerprint density at radius 2 is 2.05 bits per heavy atom. The van der Waals surface area contributed by atoms with Crippen molar-refractivity contribution in [2.45, 2.75) is 33.2 Å². The van der Waals surface area contributed by atoms with Gasteiger partial charge in [0.15, 0.2) is 0 Å². The van der Waals surface area contributed by atoms with Crippen LogP contribution in [0.3, 0.4) is 0 Å². The standard InChI is InChI=1S/C16H25FN2/c1-3-18-11-14-6-8-19(9-7-14)12-15-4-5-16(17)10-13(15)2/h4-5,10,14,18H,3,6-9,11-12H2,1-2H3. The molecule has 106 valence electrons. The quantitative estimate of drug-likeness (QED) is 0.879. The predicted molar refractivity (Wildman–Crippen MR) is 77.7 cm³/mol. The summed E-state index contributed by atoms with van der Waals surface area (Å²) in [6.45, 7) is 9.65. The van der Waals surface area contributed by atoms with E-state index in [1.807, 2.05) is 13.0 Å². The first-order valence-corrected chi connectivity index (χ1v) is 7.37. The first-order chi connectivity index (χ1) is 9.19. The fourth-order valence-electron chi connectivity index (χ4n) is 2.77. The molecule has 0 radical (unpaired) electrons. The minimum absolute atomic E-state index is 0.134. The number of likely N-dealkylation sites (tertiary alicyclic amines) is 1. The predicted octanol–water partition coefficient (Wildman–Crippen LogP) is 2.96. The van der Waals surface area contributed by atoms with Gasteiger partial charge in [-0.1, -0.05) is 13.0 Å². The van der Waals surface area contributed by atoms with Gasteiger partial charge in [-0.2, -0.15) is 0 Å². The van der Waals surface area contributed by atoms with Gasteiger partial charge in [-0.25, -0.2) is 4.39 Å². The van der Waals surface area contributed by atoms with E-state index in [0.29, 0.717) is 0 Å². The van der Waals surface area contributed by atoms with Gasteiger partial charge in [-0.05, 0) is 75.1 Å². The minimum atomic E-state index is -0.134. The lowest BCUT2D eigenvalue weighted by molar-refractivity contribution is 0.175. The summed E-state index contributed by atoms with van der Waals surface area (Å²) in [5.74, 6) is 0.691. The monoisotopic (exact) mass is 264 g/mol. The van der Waals surface area contributed by atoms with Crippen molar-refractivity contribution in [2.75, 3.05) is 26.2 Å². The molecule has 1 aliphatic heterocycles. The molecular weight excluding hydrogens is 239 g/mol. The van der Waals surface area contributed by atoms with Crippen molar-refractivity contribution in [3.05, 3.63) is 35.1 Å². The molecule has 3 heteroatoms. The number of hydrogen-bond acceptors (Lipinski definition) is 2. The Morgan fingerprint density at radius 3 is 2.68 bits per heavy atom. The zero-order valence-electron chi connectivity index (χ0n) is 12.1. The van der Waals surface area contributed by atoms with Gasteiger partial charge in [-0.3, -0.25) is 4.90 Å². The van der Waals surface area contributed by atoms with Gasteiger partial charge < -0.3 is 5.32 Å². The summed E-state index contributed by atoms with van der Waals surface area (Å²) < 4.78 is 13.1. The van der Waals surface area contributed by atoms with E-state index < -0.39 is 0 Å². The number of halogens is 1. The molecule has 1 aromatic rings. The van der Waals surface area contributed by atoms with Crippen LogP contribution in [0.2, 0.25) is 0 Å². The second kappa shape index (κ2) is 7.01. The molecule has 1 heterocycles. The summed E-state index contributed by atoms with van der Waals surface area (Å²) >= 11 is 0. The first-order valence-electron chi connectivity index (χ1n) is 7.37. The lowest BCUT2D eigenvalue weighted by Crippen LogP contribution is -2.37. The fourth-order valence-corrected chi connectivity index (χ4v) is 2.77. The molecule has 2 nitrogen and oxygen atoms in total. The minimum Gasteiger partial charge on any atom is -0.317 e. The molecule has 0 spiro atoms. The Morgan fingerprint density at radius 1 is 1.32 bits per heavy atom. The van der Waals surface area contributed by atoms with Crippen LogP contribution in [0, 0.1) is 18.7 Å². The van der Waals surface area contributed by atoms with Crippen LogP contribution in [0.1, 0.15) is 30.9 Å². The maximum atomic E-state index is 13.1. The van der Waals surface area contributed by atoms with Crippen molar-refractivity contribution < 1.29 is 4.39 Å². The van der Waals surface area contributed by atoms with Crippen LogP contribution in [-0.2, 0) is 6.54 Å². The number of rotatable bonds is 5. The van der Waals surface area contributed by atoms with Gasteiger partial charge in [0.1, 0.15) is 5.82 Å². The summed E-state index contributed by atoms with van der Waals surface area (Å²) in [6, 6.07) is 5.13. The number of nitrogens with one attached hydrogen (secondary N) is 1. The van der Waals surface area contributed by atoms with E-state index in [-0.39, 0.29) is 5.82 Å². The SMILES string of the molecule is CCNCC1CCN(Cc2ccc(F)cc2C)CC1. The molecule has 19 heavy (non-hydrogen) atoms. The Labute approximate surface area is 116 Å². The van der Waals surface area contributed by atoms with Crippen molar-refractivity contribution in [3.8, 4) is 0 Å². The van der Waals surface area contributed by atoms with Gasteiger partial charge in [0.25, 0.3) is 0 Å². The van der Waals surface area contributed by atoms with E-state index in [0.717, 1.165) is 44.2 Å². The Balaban J connectivity index is 1.82. The number of aryl methyl sites for hydroxylation is 1. The van der Waals surface area contributed by atoms with Gasteiger partial charge in [0, 0.05) is 6.54 Å². The van der Waals surface area contributed by atoms with Crippen molar-refractivity contribution in [2.24, 2.45) is 5.92 Å². The van der Waals surface area contributed by atoms with Gasteiger partial charge in [0.2, 0.25) is 0 Å². The summed E-state index contributed by atoms with van der Waals surface area (Å²) in [5.41, 5.74) is 2.32. The highest BCUT2D eigenvalue weighted by Crippen LogP contribution is 2.20. The summed E-state index contributed by atoms with van der Waals surface area (Å²) in [5, 5.41) is 3.44. The van der Waals surface area contributed by atoms with E-state index in [1.54, 1.807) is 12.1 Å². The molecular formula is C16H25FN2. The van der Waals surface area contributed by atoms with Crippen molar-refractivity contribution >= 4 is 0 Å². The molecule has 0 atom stereocenters. The van der Waals surface area contributed by atoms with E-state index in [1.165, 1.54) is 18.4 Å². The third kappa shape index (κ3) is 4.29. The molecule has 1 fully saturated rings. The Bertz CT molecular complexity index is 398. The van der Waals surface area contributed by atoms with Gasteiger partial charge in [0.05, 0.1) is 0 Å². The third-order valence-corrected chi connectivity index (χ3v) is 4.09. The molecule has 1 N–H and O–H groups in total. The Kier molecular flexibility index (Phi) is 5.34. The van der Waals surface area contributed by atoms with Crippen LogP contribution in [0.15, 0.2) is 18.2 Å². The number of piperidine rings is 1. The van der Waals surface area contributed by atoms with Crippen LogP contribution in [0.25, 0.3) is 0 Å². The maximum absolute atomic E-state index is 13.1. The molecule has 0 unspecified atom stereocenters. The highest BCUT2D eigenvalue weighted by molar-refractivity contribution is 5.26. The lowest BCUT2D eigenvalue weighted by Gasteiger charge is -2.32.